The Kier molecular flexibility index (Phi) is 5.34. The molecule has 146 valence electrons. The number of aromatic nitrogens is 2. The minimum absolute atomic E-state index is 0.0910. The number of anilines is 3. The number of nitrogen functional groups attached to an aromatic ring is 2. The molecule has 0 spiro atoms. The fourth-order valence-electron chi connectivity index (χ4n) is 3.14. The molecule has 2 aromatic rings. The Morgan fingerprint density at radius 3 is 2.63 bits per heavy atom. The van der Waals surface area contributed by atoms with Crippen molar-refractivity contribution in [3.63, 3.8) is 0 Å². The van der Waals surface area contributed by atoms with Crippen molar-refractivity contribution < 1.29 is 17.9 Å². The fraction of sp³-hybridized carbons (Fsp3) is 0.412. The highest BCUT2D eigenvalue weighted by Crippen LogP contribution is 2.40. The minimum Gasteiger partial charge on any atom is -0.398 e. The normalized spacial score (nSPS) is 18.4. The van der Waals surface area contributed by atoms with E-state index in [9.17, 15) is 13.2 Å². The first-order chi connectivity index (χ1) is 12.7. The number of hydrogen-bond donors (Lipinski definition) is 2. The Balaban J connectivity index is 2.11. The lowest BCUT2D eigenvalue weighted by Gasteiger charge is -2.32. The first-order valence-electron chi connectivity index (χ1n) is 8.28. The van der Waals surface area contributed by atoms with E-state index in [1.54, 1.807) is 13.0 Å². The first kappa shape index (κ1) is 19.5. The van der Waals surface area contributed by atoms with Gasteiger partial charge < -0.3 is 21.1 Å². The van der Waals surface area contributed by atoms with Crippen LogP contribution in [0.15, 0.2) is 18.2 Å². The lowest BCUT2D eigenvalue weighted by Crippen LogP contribution is -2.32. The van der Waals surface area contributed by atoms with Crippen LogP contribution < -0.4 is 16.4 Å². The van der Waals surface area contributed by atoms with Gasteiger partial charge in [0.05, 0.1) is 18.2 Å². The van der Waals surface area contributed by atoms with E-state index < -0.39 is 23.5 Å². The second kappa shape index (κ2) is 7.40. The highest BCUT2D eigenvalue weighted by molar-refractivity contribution is 6.31. The topological polar surface area (TPSA) is 90.3 Å². The standard InChI is InChI=1S/C17H19ClF3N5O/c1-9-5-15(25-16(23)24-9)26-3-2-4-27-8-14(26)10-6-11(17(19,20)21)13(22)7-12(10)18/h5-7,14H,2-4,8,22H2,1H3,(H2,23,24,25)/t14-/m1/s1. The van der Waals surface area contributed by atoms with Crippen LogP contribution in [0.3, 0.4) is 0 Å². The molecule has 0 saturated carbocycles. The van der Waals surface area contributed by atoms with E-state index in [1.807, 2.05) is 4.90 Å². The number of benzene rings is 1. The molecule has 0 amide bonds. The van der Waals surface area contributed by atoms with Crippen molar-refractivity contribution in [2.45, 2.75) is 25.6 Å². The Hall–Kier alpha value is -2.26. The number of nitrogens with two attached hydrogens (primary N) is 2. The van der Waals surface area contributed by atoms with E-state index in [4.69, 9.17) is 27.8 Å². The summed E-state index contributed by atoms with van der Waals surface area (Å²) >= 11 is 6.27. The molecule has 1 atom stereocenters. The monoisotopic (exact) mass is 401 g/mol. The largest absolute Gasteiger partial charge is 0.418 e. The van der Waals surface area contributed by atoms with Crippen LogP contribution in [0.4, 0.5) is 30.6 Å². The Morgan fingerprint density at radius 1 is 1.22 bits per heavy atom. The molecule has 1 fully saturated rings. The second-order valence-corrected chi connectivity index (χ2v) is 6.73. The molecule has 4 N–H and O–H groups in total. The predicted molar refractivity (Wildman–Crippen MR) is 97.6 cm³/mol. The summed E-state index contributed by atoms with van der Waals surface area (Å²) in [5.41, 5.74) is 10.9. The molecule has 1 saturated heterocycles. The van der Waals surface area contributed by atoms with Gasteiger partial charge in [0, 0.05) is 35.6 Å². The van der Waals surface area contributed by atoms with Crippen molar-refractivity contribution >= 4 is 29.1 Å². The van der Waals surface area contributed by atoms with E-state index in [0.717, 1.165) is 12.1 Å². The molecule has 0 radical (unpaired) electrons. The van der Waals surface area contributed by atoms with Crippen LogP contribution in [-0.2, 0) is 10.9 Å². The van der Waals surface area contributed by atoms with Gasteiger partial charge in [-0.3, -0.25) is 0 Å². The van der Waals surface area contributed by atoms with Crippen molar-refractivity contribution in [2.24, 2.45) is 0 Å². The summed E-state index contributed by atoms with van der Waals surface area (Å²) in [4.78, 5) is 10.1. The summed E-state index contributed by atoms with van der Waals surface area (Å²) < 4.78 is 45.6. The number of alkyl halides is 3. The Bertz CT molecular complexity index is 826. The fourth-order valence-corrected chi connectivity index (χ4v) is 3.44. The number of rotatable bonds is 2. The molecule has 6 nitrogen and oxygen atoms in total. The Morgan fingerprint density at radius 2 is 1.96 bits per heavy atom. The number of halogens is 4. The minimum atomic E-state index is -4.59. The van der Waals surface area contributed by atoms with Crippen molar-refractivity contribution in [3.05, 3.63) is 40.0 Å². The summed E-state index contributed by atoms with van der Waals surface area (Å²) in [6.07, 6.45) is -3.91. The van der Waals surface area contributed by atoms with Gasteiger partial charge in [-0.05, 0) is 31.0 Å². The molecule has 3 rings (SSSR count). The summed E-state index contributed by atoms with van der Waals surface area (Å²) in [6, 6.07) is 3.27. The van der Waals surface area contributed by atoms with Gasteiger partial charge in [0.1, 0.15) is 5.82 Å². The molecule has 1 aromatic heterocycles. The van der Waals surface area contributed by atoms with Crippen LogP contribution in [0.1, 0.15) is 29.3 Å². The molecule has 0 aliphatic carbocycles. The van der Waals surface area contributed by atoms with Gasteiger partial charge in [0.25, 0.3) is 0 Å². The lowest BCUT2D eigenvalue weighted by atomic mass is 10.0. The van der Waals surface area contributed by atoms with Gasteiger partial charge in [-0.15, -0.1) is 0 Å². The highest BCUT2D eigenvalue weighted by Gasteiger charge is 2.36. The van der Waals surface area contributed by atoms with Gasteiger partial charge in [-0.25, -0.2) is 4.98 Å². The van der Waals surface area contributed by atoms with E-state index in [2.05, 4.69) is 9.97 Å². The van der Waals surface area contributed by atoms with Crippen LogP contribution in [0.2, 0.25) is 5.02 Å². The van der Waals surface area contributed by atoms with Crippen molar-refractivity contribution in [3.8, 4) is 0 Å². The quantitative estimate of drug-likeness (QED) is 0.747. The van der Waals surface area contributed by atoms with Crippen LogP contribution in [0, 0.1) is 6.92 Å². The van der Waals surface area contributed by atoms with Gasteiger partial charge >= 0.3 is 6.18 Å². The van der Waals surface area contributed by atoms with Crippen LogP contribution in [-0.4, -0.2) is 29.7 Å². The summed E-state index contributed by atoms with van der Waals surface area (Å²) in [6.45, 7) is 2.92. The molecule has 1 aliphatic rings. The van der Waals surface area contributed by atoms with Crippen molar-refractivity contribution in [1.29, 1.82) is 0 Å². The maximum atomic E-state index is 13.3. The third-order valence-electron chi connectivity index (χ3n) is 4.33. The zero-order valence-corrected chi connectivity index (χ0v) is 15.3. The smallest absolute Gasteiger partial charge is 0.398 e. The molecule has 27 heavy (non-hydrogen) atoms. The van der Waals surface area contributed by atoms with Gasteiger partial charge in [0.2, 0.25) is 5.95 Å². The van der Waals surface area contributed by atoms with Crippen LogP contribution in [0.5, 0.6) is 0 Å². The SMILES string of the molecule is Cc1cc(N2CCCOC[C@@H]2c2cc(C(F)(F)F)c(N)cc2Cl)nc(N)n1. The molecular weight excluding hydrogens is 383 g/mol. The predicted octanol–water partition coefficient (Wildman–Crippen LogP) is 3.59. The first-order valence-corrected chi connectivity index (χ1v) is 8.66. The zero-order valence-electron chi connectivity index (χ0n) is 14.6. The maximum absolute atomic E-state index is 13.3. The van der Waals surface area contributed by atoms with Gasteiger partial charge in [0.15, 0.2) is 0 Å². The molecule has 0 unspecified atom stereocenters. The molecule has 2 heterocycles. The maximum Gasteiger partial charge on any atom is 0.418 e. The second-order valence-electron chi connectivity index (χ2n) is 6.32. The van der Waals surface area contributed by atoms with Crippen molar-refractivity contribution in [2.75, 3.05) is 36.1 Å². The Labute approximate surface area is 159 Å². The van der Waals surface area contributed by atoms with E-state index >= 15 is 0 Å². The average molecular weight is 402 g/mol. The summed E-state index contributed by atoms with van der Waals surface area (Å²) in [5, 5.41) is 0.139. The van der Waals surface area contributed by atoms with E-state index in [0.29, 0.717) is 31.1 Å². The third-order valence-corrected chi connectivity index (χ3v) is 4.65. The number of hydrogen-bond acceptors (Lipinski definition) is 6. The molecule has 1 aliphatic heterocycles. The number of ether oxygens (including phenoxy) is 1. The van der Waals surface area contributed by atoms with Gasteiger partial charge in [-0.2, -0.15) is 18.2 Å². The molecule has 1 aromatic carbocycles. The average Bonchev–Trinajstić information content (AvgIpc) is 2.78. The highest BCUT2D eigenvalue weighted by atomic mass is 35.5. The van der Waals surface area contributed by atoms with Crippen molar-refractivity contribution in [1.82, 2.24) is 9.97 Å². The van der Waals surface area contributed by atoms with E-state index in [-0.39, 0.29) is 23.1 Å². The third kappa shape index (κ3) is 4.19. The molecule has 0 bridgehead atoms. The molecular formula is C17H19ClF3N5O. The number of aryl methyl sites for hydroxylation is 1. The zero-order chi connectivity index (χ0) is 19.8. The van der Waals surface area contributed by atoms with Crippen LogP contribution in [0.25, 0.3) is 0 Å². The molecule has 10 heteroatoms. The van der Waals surface area contributed by atoms with E-state index in [1.165, 1.54) is 0 Å². The summed E-state index contributed by atoms with van der Waals surface area (Å²) in [5.74, 6) is 0.602. The summed E-state index contributed by atoms with van der Waals surface area (Å²) in [7, 11) is 0. The van der Waals surface area contributed by atoms with Crippen LogP contribution >= 0.6 is 11.6 Å². The van der Waals surface area contributed by atoms with Gasteiger partial charge in [-0.1, -0.05) is 11.6 Å². The number of nitrogens with zero attached hydrogens (tertiary/aromatic N) is 3. The lowest BCUT2D eigenvalue weighted by molar-refractivity contribution is -0.137.